The molecule has 0 unspecified atom stereocenters. The third-order valence-electron chi connectivity index (χ3n) is 5.26. The molecule has 1 N–H and O–H groups in total. The average molecular weight is 473 g/mol. The molecule has 0 bridgehead atoms. The number of hydrogen-bond donors (Lipinski definition) is 1. The Kier molecular flexibility index (Phi) is 7.50. The second-order valence-electron chi connectivity index (χ2n) is 7.69. The maximum absolute atomic E-state index is 12.4. The van der Waals surface area contributed by atoms with Crippen LogP contribution in [0.15, 0.2) is 47.4 Å². The molecule has 0 radical (unpaired) electrons. The number of nitrogens with one attached hydrogen (secondary N) is 1. The molecule has 33 heavy (non-hydrogen) atoms. The van der Waals surface area contributed by atoms with E-state index < -0.39 is 16.0 Å². The largest absolute Gasteiger partial charge is 0.457 e. The molecule has 1 heterocycles. The van der Waals surface area contributed by atoms with Gasteiger partial charge in [-0.1, -0.05) is 18.2 Å². The molecule has 0 saturated heterocycles. The fourth-order valence-electron chi connectivity index (χ4n) is 3.41. The Labute approximate surface area is 193 Å². The number of ether oxygens (including phenoxy) is 1. The molecule has 10 heteroatoms. The van der Waals surface area contributed by atoms with Crippen LogP contribution in [0.4, 0.5) is 0 Å². The van der Waals surface area contributed by atoms with Gasteiger partial charge in [-0.25, -0.2) is 17.7 Å². The lowest BCUT2D eigenvalue weighted by molar-refractivity contribution is -0.145. The number of aryl methyl sites for hydroxylation is 2. The van der Waals surface area contributed by atoms with Crippen molar-refractivity contribution in [2.24, 2.45) is 0 Å². The molecule has 0 atom stereocenters. The summed E-state index contributed by atoms with van der Waals surface area (Å²) >= 11 is 0. The number of benzene rings is 2. The molecule has 176 valence electrons. The predicted octanol–water partition coefficient (Wildman–Crippen LogP) is 2.48. The van der Waals surface area contributed by atoms with Crippen LogP contribution in [0.25, 0.3) is 11.0 Å². The SMILES string of the molecule is CCn1c(COC(=O)CCNC(=O)c2ccccc2C)nc2cc(S(=O)(=O)N(C)C)ccc21. The summed E-state index contributed by atoms with van der Waals surface area (Å²) in [5, 5.41) is 2.72. The zero-order valence-electron chi connectivity index (χ0n) is 19.2. The average Bonchev–Trinajstić information content (AvgIpc) is 3.14. The van der Waals surface area contributed by atoms with Crippen molar-refractivity contribution < 1.29 is 22.7 Å². The fraction of sp³-hybridized carbons (Fsp3) is 0.348. The Morgan fingerprint density at radius 2 is 1.88 bits per heavy atom. The molecular formula is C23H28N4O5S. The van der Waals surface area contributed by atoms with Crippen molar-refractivity contribution >= 4 is 32.9 Å². The van der Waals surface area contributed by atoms with E-state index in [1.165, 1.54) is 20.2 Å². The minimum Gasteiger partial charge on any atom is -0.457 e. The number of hydrogen-bond acceptors (Lipinski definition) is 6. The maximum Gasteiger partial charge on any atom is 0.308 e. The Bertz CT molecular complexity index is 1280. The summed E-state index contributed by atoms with van der Waals surface area (Å²) in [5.41, 5.74) is 2.69. The molecule has 0 aliphatic heterocycles. The van der Waals surface area contributed by atoms with Crippen molar-refractivity contribution in [1.29, 1.82) is 0 Å². The molecule has 1 amide bonds. The smallest absolute Gasteiger partial charge is 0.308 e. The third kappa shape index (κ3) is 5.40. The number of carbonyl (C=O) groups is 2. The summed E-state index contributed by atoms with van der Waals surface area (Å²) in [6, 6.07) is 12.0. The molecule has 3 rings (SSSR count). The van der Waals surface area contributed by atoms with Crippen molar-refractivity contribution in [3.63, 3.8) is 0 Å². The second-order valence-corrected chi connectivity index (χ2v) is 9.84. The number of amides is 1. The van der Waals surface area contributed by atoms with Gasteiger partial charge in [-0.3, -0.25) is 9.59 Å². The number of rotatable bonds is 9. The number of fused-ring (bicyclic) bond motifs is 1. The van der Waals surface area contributed by atoms with Crippen molar-refractivity contribution in [3.8, 4) is 0 Å². The molecule has 0 saturated carbocycles. The van der Waals surface area contributed by atoms with Gasteiger partial charge in [0.1, 0.15) is 12.4 Å². The van der Waals surface area contributed by atoms with Gasteiger partial charge >= 0.3 is 5.97 Å². The van der Waals surface area contributed by atoms with E-state index in [1.54, 1.807) is 24.3 Å². The minimum absolute atomic E-state index is 0.0230. The zero-order chi connectivity index (χ0) is 24.2. The Morgan fingerprint density at radius 1 is 1.15 bits per heavy atom. The van der Waals surface area contributed by atoms with Crippen LogP contribution in [0.3, 0.4) is 0 Å². The third-order valence-corrected chi connectivity index (χ3v) is 7.07. The number of nitrogens with zero attached hydrogens (tertiary/aromatic N) is 3. The highest BCUT2D eigenvalue weighted by Crippen LogP contribution is 2.22. The van der Waals surface area contributed by atoms with Gasteiger partial charge in [0.2, 0.25) is 10.0 Å². The fourth-order valence-corrected chi connectivity index (χ4v) is 4.33. The lowest BCUT2D eigenvalue weighted by Gasteiger charge is -2.11. The second kappa shape index (κ2) is 10.1. The first kappa shape index (κ1) is 24.4. The summed E-state index contributed by atoms with van der Waals surface area (Å²) in [7, 11) is -0.639. The van der Waals surface area contributed by atoms with Crippen molar-refractivity contribution in [3.05, 3.63) is 59.4 Å². The first-order valence-corrected chi connectivity index (χ1v) is 12.0. The van der Waals surface area contributed by atoms with Gasteiger partial charge in [0.05, 0.1) is 22.3 Å². The van der Waals surface area contributed by atoms with Crippen molar-refractivity contribution in [2.75, 3.05) is 20.6 Å². The molecule has 2 aromatic carbocycles. The Morgan fingerprint density at radius 3 is 2.55 bits per heavy atom. The number of carbonyl (C=O) groups excluding carboxylic acids is 2. The molecule has 0 fully saturated rings. The van der Waals surface area contributed by atoms with Crippen LogP contribution >= 0.6 is 0 Å². The van der Waals surface area contributed by atoms with E-state index in [9.17, 15) is 18.0 Å². The first-order chi connectivity index (χ1) is 15.6. The molecule has 9 nitrogen and oxygen atoms in total. The van der Waals surface area contributed by atoms with E-state index >= 15 is 0 Å². The van der Waals surface area contributed by atoms with E-state index in [-0.39, 0.29) is 30.4 Å². The van der Waals surface area contributed by atoms with Crippen molar-refractivity contribution in [1.82, 2.24) is 19.2 Å². The standard InChI is InChI=1S/C23H28N4O5S/c1-5-27-20-11-10-17(33(30,31)26(3)4)14-19(20)25-21(27)15-32-22(28)12-13-24-23(29)18-9-7-6-8-16(18)2/h6-11,14H,5,12-13,15H2,1-4H3,(H,24,29). The van der Waals surface area contributed by atoms with Gasteiger partial charge in [-0.2, -0.15) is 0 Å². The highest BCUT2D eigenvalue weighted by Gasteiger charge is 2.20. The van der Waals surface area contributed by atoms with E-state index in [4.69, 9.17) is 4.74 Å². The predicted molar refractivity (Wildman–Crippen MR) is 124 cm³/mol. The normalized spacial score (nSPS) is 11.7. The van der Waals surface area contributed by atoms with Crippen molar-refractivity contribution in [2.45, 2.75) is 38.3 Å². The van der Waals surface area contributed by atoms with Gasteiger partial charge in [-0.15, -0.1) is 0 Å². The first-order valence-electron chi connectivity index (χ1n) is 10.6. The van der Waals surface area contributed by atoms with Gasteiger partial charge in [0.25, 0.3) is 5.91 Å². The molecule has 0 aliphatic carbocycles. The summed E-state index contributed by atoms with van der Waals surface area (Å²) in [6.45, 7) is 4.46. The van der Waals surface area contributed by atoms with E-state index in [2.05, 4.69) is 10.3 Å². The van der Waals surface area contributed by atoms with Crippen LogP contribution in [0, 0.1) is 6.92 Å². The van der Waals surface area contributed by atoms with Crippen LogP contribution < -0.4 is 5.32 Å². The van der Waals surface area contributed by atoms with Crippen LogP contribution in [0.5, 0.6) is 0 Å². The molecule has 3 aromatic rings. The van der Waals surface area contributed by atoms with Crippen LogP contribution in [0.1, 0.15) is 35.1 Å². The summed E-state index contributed by atoms with van der Waals surface area (Å²) < 4.78 is 33.2. The van der Waals surface area contributed by atoms with E-state index in [1.807, 2.05) is 30.5 Å². The highest BCUT2D eigenvalue weighted by molar-refractivity contribution is 7.89. The number of imidazole rings is 1. The monoisotopic (exact) mass is 472 g/mol. The van der Waals surface area contributed by atoms with Gasteiger partial charge in [0.15, 0.2) is 0 Å². The molecule has 0 spiro atoms. The Hall–Kier alpha value is -3.24. The van der Waals surface area contributed by atoms with E-state index in [0.29, 0.717) is 23.4 Å². The lowest BCUT2D eigenvalue weighted by atomic mass is 10.1. The van der Waals surface area contributed by atoms with Gasteiger partial charge in [-0.05, 0) is 43.7 Å². The topological polar surface area (TPSA) is 111 Å². The van der Waals surface area contributed by atoms with Crippen LogP contribution in [-0.2, 0) is 32.7 Å². The minimum atomic E-state index is -3.58. The van der Waals surface area contributed by atoms with Crippen LogP contribution in [0.2, 0.25) is 0 Å². The number of sulfonamides is 1. The number of aromatic nitrogens is 2. The summed E-state index contributed by atoms with van der Waals surface area (Å²) in [4.78, 5) is 29.0. The summed E-state index contributed by atoms with van der Waals surface area (Å²) in [5.74, 6) is -0.188. The van der Waals surface area contributed by atoms with E-state index in [0.717, 1.165) is 15.4 Å². The van der Waals surface area contributed by atoms with Gasteiger partial charge < -0.3 is 14.6 Å². The quantitative estimate of drug-likeness (QED) is 0.479. The highest BCUT2D eigenvalue weighted by atomic mass is 32.2. The Balaban J connectivity index is 1.62. The van der Waals surface area contributed by atoms with Gasteiger partial charge in [0, 0.05) is 32.7 Å². The zero-order valence-corrected chi connectivity index (χ0v) is 20.0. The molecular weight excluding hydrogens is 444 g/mol. The maximum atomic E-state index is 12.4. The summed E-state index contributed by atoms with van der Waals surface area (Å²) in [6.07, 6.45) is 0.0230. The molecule has 0 aliphatic rings. The molecule has 1 aromatic heterocycles. The van der Waals surface area contributed by atoms with Crippen LogP contribution in [-0.4, -0.2) is 54.8 Å². The number of esters is 1. The lowest BCUT2D eigenvalue weighted by Crippen LogP contribution is -2.27.